The lowest BCUT2D eigenvalue weighted by molar-refractivity contribution is 0.102. The molecule has 0 atom stereocenters. The number of nitrogens with two attached hydrogens (primary N) is 1. The second-order valence-corrected chi connectivity index (χ2v) is 4.12. The van der Waals surface area contributed by atoms with Crippen molar-refractivity contribution in [3.63, 3.8) is 0 Å². The van der Waals surface area contributed by atoms with Gasteiger partial charge in [-0.25, -0.2) is 4.39 Å². The van der Waals surface area contributed by atoms with Gasteiger partial charge in [-0.05, 0) is 43.3 Å². The first-order valence-electron chi connectivity index (χ1n) is 6.20. The van der Waals surface area contributed by atoms with Crippen LogP contribution in [0.25, 0.3) is 0 Å². The zero-order valence-corrected chi connectivity index (χ0v) is 11.0. The molecule has 0 aromatic heterocycles. The van der Waals surface area contributed by atoms with Crippen LogP contribution in [0.1, 0.15) is 17.3 Å². The molecule has 2 aromatic carbocycles. The van der Waals surface area contributed by atoms with E-state index in [9.17, 15) is 9.18 Å². The van der Waals surface area contributed by atoms with E-state index in [1.165, 1.54) is 18.2 Å². The molecule has 2 rings (SSSR count). The number of hydrogen-bond donors (Lipinski definition) is 2. The molecule has 0 radical (unpaired) electrons. The lowest BCUT2D eigenvalue weighted by Crippen LogP contribution is -2.14. The van der Waals surface area contributed by atoms with Crippen LogP contribution >= 0.6 is 0 Å². The quantitative estimate of drug-likeness (QED) is 0.842. The first kappa shape index (κ1) is 13.9. The SMILES string of the molecule is CCOc1ccc(C(=O)Nc2c(N)cccc2F)cc1. The van der Waals surface area contributed by atoms with Gasteiger partial charge in [0, 0.05) is 5.56 Å². The number of halogens is 1. The second-order valence-electron chi connectivity index (χ2n) is 4.12. The van der Waals surface area contributed by atoms with Crippen LogP contribution in [0.15, 0.2) is 42.5 Å². The molecule has 0 spiro atoms. The Labute approximate surface area is 116 Å². The maximum Gasteiger partial charge on any atom is 0.255 e. The maximum atomic E-state index is 13.6. The van der Waals surface area contributed by atoms with Gasteiger partial charge in [0.1, 0.15) is 17.3 Å². The van der Waals surface area contributed by atoms with Crippen LogP contribution in [0, 0.1) is 5.82 Å². The van der Waals surface area contributed by atoms with Gasteiger partial charge < -0.3 is 15.8 Å². The Morgan fingerprint density at radius 2 is 1.95 bits per heavy atom. The highest BCUT2D eigenvalue weighted by molar-refractivity contribution is 6.05. The summed E-state index contributed by atoms with van der Waals surface area (Å²) >= 11 is 0. The standard InChI is InChI=1S/C15H15FN2O2/c1-2-20-11-8-6-10(7-9-11)15(19)18-14-12(16)4-3-5-13(14)17/h3-9H,2,17H2,1H3,(H,18,19). The summed E-state index contributed by atoms with van der Waals surface area (Å²) in [6.45, 7) is 2.43. The van der Waals surface area contributed by atoms with Gasteiger partial charge in [0.2, 0.25) is 0 Å². The number of rotatable bonds is 4. The fourth-order valence-corrected chi connectivity index (χ4v) is 1.73. The van der Waals surface area contributed by atoms with Crippen molar-refractivity contribution in [1.82, 2.24) is 0 Å². The zero-order valence-electron chi connectivity index (χ0n) is 11.0. The summed E-state index contributed by atoms with van der Waals surface area (Å²) in [6, 6.07) is 10.8. The highest BCUT2D eigenvalue weighted by Crippen LogP contribution is 2.22. The van der Waals surface area contributed by atoms with E-state index in [4.69, 9.17) is 10.5 Å². The third kappa shape index (κ3) is 3.06. The molecule has 5 heteroatoms. The number of anilines is 2. The van der Waals surface area contributed by atoms with E-state index in [0.29, 0.717) is 17.9 Å². The Hall–Kier alpha value is -2.56. The smallest absolute Gasteiger partial charge is 0.255 e. The van der Waals surface area contributed by atoms with Gasteiger partial charge in [-0.1, -0.05) is 6.07 Å². The van der Waals surface area contributed by atoms with Crippen LogP contribution in [0.5, 0.6) is 5.75 Å². The van der Waals surface area contributed by atoms with Gasteiger partial charge in [-0.15, -0.1) is 0 Å². The van der Waals surface area contributed by atoms with Gasteiger partial charge >= 0.3 is 0 Å². The molecule has 20 heavy (non-hydrogen) atoms. The van der Waals surface area contributed by atoms with Gasteiger partial charge in [-0.3, -0.25) is 4.79 Å². The van der Waals surface area contributed by atoms with Crippen molar-refractivity contribution in [2.24, 2.45) is 0 Å². The van der Waals surface area contributed by atoms with E-state index in [0.717, 1.165) is 0 Å². The molecule has 0 unspecified atom stereocenters. The summed E-state index contributed by atoms with van der Waals surface area (Å²) in [4.78, 5) is 12.0. The lowest BCUT2D eigenvalue weighted by atomic mass is 10.2. The van der Waals surface area contributed by atoms with Gasteiger partial charge in [0.05, 0.1) is 12.3 Å². The zero-order chi connectivity index (χ0) is 14.5. The minimum atomic E-state index is -0.565. The van der Waals surface area contributed by atoms with Crippen molar-refractivity contribution >= 4 is 17.3 Å². The summed E-state index contributed by atoms with van der Waals surface area (Å²) in [6.07, 6.45) is 0. The number of ether oxygens (including phenoxy) is 1. The minimum absolute atomic E-state index is 0.00798. The second kappa shape index (κ2) is 6.06. The Balaban J connectivity index is 2.16. The molecule has 0 aliphatic heterocycles. The molecule has 0 saturated heterocycles. The number of para-hydroxylation sites is 1. The molecule has 4 nitrogen and oxygen atoms in total. The van der Waals surface area contributed by atoms with Gasteiger partial charge in [0.25, 0.3) is 5.91 Å². The molecular formula is C15H15FN2O2. The number of hydrogen-bond acceptors (Lipinski definition) is 3. The topological polar surface area (TPSA) is 64.3 Å². The fraction of sp³-hybridized carbons (Fsp3) is 0.133. The van der Waals surface area contributed by atoms with E-state index >= 15 is 0 Å². The van der Waals surface area contributed by atoms with E-state index in [1.54, 1.807) is 24.3 Å². The van der Waals surface area contributed by atoms with Crippen molar-refractivity contribution in [2.45, 2.75) is 6.92 Å². The van der Waals surface area contributed by atoms with Crippen LogP contribution in [-0.2, 0) is 0 Å². The summed E-state index contributed by atoms with van der Waals surface area (Å²) in [5.41, 5.74) is 6.21. The van der Waals surface area contributed by atoms with Crippen molar-refractivity contribution in [3.05, 3.63) is 53.8 Å². The monoisotopic (exact) mass is 274 g/mol. The molecule has 0 saturated carbocycles. The Kier molecular flexibility index (Phi) is 4.20. The van der Waals surface area contributed by atoms with Gasteiger partial charge in [-0.2, -0.15) is 0 Å². The van der Waals surface area contributed by atoms with E-state index in [1.807, 2.05) is 6.92 Å². The maximum absolute atomic E-state index is 13.6. The van der Waals surface area contributed by atoms with Crippen LogP contribution in [0.4, 0.5) is 15.8 Å². The first-order chi connectivity index (χ1) is 9.61. The summed E-state index contributed by atoms with van der Waals surface area (Å²) < 4.78 is 18.9. The number of carbonyl (C=O) groups is 1. The number of nitrogens with one attached hydrogen (secondary N) is 1. The molecule has 0 aliphatic carbocycles. The fourth-order valence-electron chi connectivity index (χ4n) is 1.73. The molecule has 0 heterocycles. The molecular weight excluding hydrogens is 259 g/mol. The largest absolute Gasteiger partial charge is 0.494 e. The van der Waals surface area contributed by atoms with Gasteiger partial charge in [0.15, 0.2) is 0 Å². The number of benzene rings is 2. The summed E-state index contributed by atoms with van der Waals surface area (Å²) in [7, 11) is 0. The van der Waals surface area contributed by atoms with Crippen molar-refractivity contribution in [1.29, 1.82) is 0 Å². The Morgan fingerprint density at radius 3 is 2.55 bits per heavy atom. The molecule has 0 bridgehead atoms. The Morgan fingerprint density at radius 1 is 1.25 bits per heavy atom. The lowest BCUT2D eigenvalue weighted by Gasteiger charge is -2.09. The third-order valence-electron chi connectivity index (χ3n) is 2.71. The first-order valence-corrected chi connectivity index (χ1v) is 6.20. The Bertz CT molecular complexity index is 592. The van der Waals surface area contributed by atoms with Crippen LogP contribution in [0.3, 0.4) is 0 Å². The van der Waals surface area contributed by atoms with Crippen molar-refractivity contribution in [3.8, 4) is 5.75 Å². The van der Waals surface area contributed by atoms with Crippen LogP contribution in [-0.4, -0.2) is 12.5 Å². The van der Waals surface area contributed by atoms with E-state index in [2.05, 4.69) is 5.32 Å². The van der Waals surface area contributed by atoms with Crippen molar-refractivity contribution < 1.29 is 13.9 Å². The van der Waals surface area contributed by atoms with Crippen molar-refractivity contribution in [2.75, 3.05) is 17.7 Å². The highest BCUT2D eigenvalue weighted by Gasteiger charge is 2.11. The normalized spacial score (nSPS) is 10.1. The molecule has 0 fully saturated rings. The molecule has 1 amide bonds. The summed E-state index contributed by atoms with van der Waals surface area (Å²) in [5.74, 6) is -0.316. The predicted molar refractivity (Wildman–Crippen MR) is 76.4 cm³/mol. The number of carbonyl (C=O) groups excluding carboxylic acids is 1. The molecule has 0 aliphatic rings. The highest BCUT2D eigenvalue weighted by atomic mass is 19.1. The average molecular weight is 274 g/mol. The van der Waals surface area contributed by atoms with E-state index in [-0.39, 0.29) is 11.4 Å². The molecule has 104 valence electrons. The number of amides is 1. The predicted octanol–water partition coefficient (Wildman–Crippen LogP) is 3.06. The summed E-state index contributed by atoms with van der Waals surface area (Å²) in [5, 5.41) is 2.47. The minimum Gasteiger partial charge on any atom is -0.494 e. The van der Waals surface area contributed by atoms with Crippen LogP contribution in [0.2, 0.25) is 0 Å². The third-order valence-corrected chi connectivity index (χ3v) is 2.71. The van der Waals surface area contributed by atoms with E-state index < -0.39 is 11.7 Å². The average Bonchev–Trinajstić information content (AvgIpc) is 2.44. The molecule has 3 N–H and O–H groups in total. The molecule has 2 aromatic rings. The van der Waals surface area contributed by atoms with Crippen LogP contribution < -0.4 is 15.8 Å². The number of nitrogen functional groups attached to an aromatic ring is 1.